The molecule has 24 heavy (non-hydrogen) atoms. The van der Waals surface area contributed by atoms with E-state index in [1.807, 2.05) is 18.7 Å². The Morgan fingerprint density at radius 2 is 2.12 bits per heavy atom. The van der Waals surface area contributed by atoms with Gasteiger partial charge >= 0.3 is 5.97 Å². The molecular weight excluding hydrogens is 332 g/mol. The van der Waals surface area contributed by atoms with Gasteiger partial charge in [0.1, 0.15) is 5.75 Å². The number of amides is 1. The van der Waals surface area contributed by atoms with Crippen LogP contribution in [0.5, 0.6) is 5.75 Å². The smallest absolute Gasteiger partial charge is 0.307 e. The van der Waals surface area contributed by atoms with Crippen LogP contribution in [0.15, 0.2) is 12.1 Å². The Morgan fingerprint density at radius 1 is 1.42 bits per heavy atom. The van der Waals surface area contributed by atoms with E-state index < -0.39 is 11.9 Å². The van der Waals surface area contributed by atoms with Gasteiger partial charge in [-0.1, -0.05) is 18.5 Å². The molecule has 0 radical (unpaired) electrons. The van der Waals surface area contributed by atoms with E-state index in [2.05, 4.69) is 5.32 Å². The summed E-state index contributed by atoms with van der Waals surface area (Å²) >= 11 is 6.06. The fraction of sp³-hybridized carbons (Fsp3) is 0.529. The molecule has 6 nitrogen and oxygen atoms in total. The summed E-state index contributed by atoms with van der Waals surface area (Å²) in [7, 11) is 1.51. The van der Waals surface area contributed by atoms with E-state index in [9.17, 15) is 14.7 Å². The van der Waals surface area contributed by atoms with Crippen molar-refractivity contribution in [1.29, 1.82) is 0 Å². The minimum atomic E-state index is -0.804. The maximum absolute atomic E-state index is 12.3. The maximum atomic E-state index is 12.3. The first-order valence-corrected chi connectivity index (χ1v) is 8.27. The first-order chi connectivity index (χ1) is 11.3. The minimum absolute atomic E-state index is 0.152. The van der Waals surface area contributed by atoms with Crippen LogP contribution in [-0.4, -0.2) is 48.6 Å². The summed E-state index contributed by atoms with van der Waals surface area (Å²) in [6, 6.07) is 3.42. The molecule has 0 bridgehead atoms. The molecule has 2 N–H and O–H groups in total. The second-order valence-corrected chi connectivity index (χ2v) is 6.83. The Balaban J connectivity index is 2.03. The third-order valence-corrected chi connectivity index (χ3v) is 4.61. The number of hydrogen-bond donors (Lipinski definition) is 2. The lowest BCUT2D eigenvalue weighted by Gasteiger charge is -2.34. The number of benzene rings is 1. The number of anilines is 1. The Kier molecular flexibility index (Phi) is 6.07. The molecule has 2 atom stereocenters. The van der Waals surface area contributed by atoms with Crippen molar-refractivity contribution in [2.75, 3.05) is 32.1 Å². The Hall–Kier alpha value is -1.79. The number of nitrogens with zero attached hydrogens (tertiary/aromatic N) is 1. The van der Waals surface area contributed by atoms with Gasteiger partial charge in [0.05, 0.1) is 25.3 Å². The lowest BCUT2D eigenvalue weighted by atomic mass is 9.90. The van der Waals surface area contributed by atoms with Crippen molar-refractivity contribution in [3.05, 3.63) is 22.7 Å². The van der Waals surface area contributed by atoms with Gasteiger partial charge in [0.2, 0.25) is 5.91 Å². The van der Waals surface area contributed by atoms with Crippen molar-refractivity contribution in [2.45, 2.75) is 20.3 Å². The summed E-state index contributed by atoms with van der Waals surface area (Å²) in [4.78, 5) is 25.4. The van der Waals surface area contributed by atoms with E-state index in [4.69, 9.17) is 16.3 Å². The molecule has 1 aromatic rings. The first kappa shape index (κ1) is 18.5. The van der Waals surface area contributed by atoms with Crippen LogP contribution in [-0.2, 0) is 9.59 Å². The van der Waals surface area contributed by atoms with Crippen molar-refractivity contribution in [2.24, 2.45) is 11.8 Å². The van der Waals surface area contributed by atoms with Crippen LogP contribution in [0.1, 0.15) is 18.9 Å². The normalized spacial score (nSPS) is 21.3. The third-order valence-electron chi connectivity index (χ3n) is 4.21. The SMILES string of the molecule is COc1cc(Cl)c(C)cc1NC(=O)CN1CC(C)CC(C(=O)O)C1. The van der Waals surface area contributed by atoms with Crippen LogP contribution in [0, 0.1) is 18.8 Å². The molecule has 2 unspecified atom stereocenters. The number of aliphatic carboxylic acids is 1. The Morgan fingerprint density at radius 3 is 2.75 bits per heavy atom. The van der Waals surface area contributed by atoms with E-state index in [-0.39, 0.29) is 18.4 Å². The molecule has 0 aliphatic carbocycles. The van der Waals surface area contributed by atoms with E-state index in [0.29, 0.717) is 36.0 Å². The maximum Gasteiger partial charge on any atom is 0.307 e. The Labute approximate surface area is 146 Å². The van der Waals surface area contributed by atoms with E-state index in [1.165, 1.54) is 7.11 Å². The number of aryl methyl sites for hydroxylation is 1. The van der Waals surface area contributed by atoms with Gasteiger partial charge in [-0.2, -0.15) is 0 Å². The highest BCUT2D eigenvalue weighted by Gasteiger charge is 2.30. The molecule has 7 heteroatoms. The highest BCUT2D eigenvalue weighted by Crippen LogP contribution is 2.31. The molecule has 1 fully saturated rings. The molecule has 0 spiro atoms. The van der Waals surface area contributed by atoms with E-state index in [1.54, 1.807) is 12.1 Å². The number of piperidine rings is 1. The largest absolute Gasteiger partial charge is 0.495 e. The fourth-order valence-corrected chi connectivity index (χ4v) is 3.25. The summed E-state index contributed by atoms with van der Waals surface area (Å²) in [6.45, 7) is 5.11. The van der Waals surface area contributed by atoms with Gasteiger partial charge in [0, 0.05) is 24.2 Å². The molecule has 132 valence electrons. The summed E-state index contributed by atoms with van der Waals surface area (Å²) in [6.07, 6.45) is 0.650. The predicted molar refractivity (Wildman–Crippen MR) is 92.7 cm³/mol. The number of nitrogens with one attached hydrogen (secondary N) is 1. The van der Waals surface area contributed by atoms with Crippen molar-refractivity contribution in [3.63, 3.8) is 0 Å². The molecule has 1 aromatic carbocycles. The lowest BCUT2D eigenvalue weighted by Crippen LogP contribution is -2.45. The van der Waals surface area contributed by atoms with Crippen molar-refractivity contribution in [3.8, 4) is 5.75 Å². The van der Waals surface area contributed by atoms with E-state index in [0.717, 1.165) is 5.56 Å². The number of halogens is 1. The van der Waals surface area contributed by atoms with Crippen LogP contribution in [0.2, 0.25) is 5.02 Å². The van der Waals surface area contributed by atoms with Crippen molar-refractivity contribution >= 4 is 29.2 Å². The number of rotatable bonds is 5. The molecule has 2 rings (SSSR count). The van der Waals surface area contributed by atoms with Crippen LogP contribution >= 0.6 is 11.6 Å². The van der Waals surface area contributed by atoms with Crippen LogP contribution in [0.3, 0.4) is 0 Å². The predicted octanol–water partition coefficient (Wildman–Crippen LogP) is 2.64. The monoisotopic (exact) mass is 354 g/mol. The quantitative estimate of drug-likeness (QED) is 0.849. The van der Waals surface area contributed by atoms with Crippen molar-refractivity contribution < 1.29 is 19.4 Å². The third kappa shape index (κ3) is 4.61. The molecule has 1 amide bonds. The van der Waals surface area contributed by atoms with E-state index >= 15 is 0 Å². The zero-order chi connectivity index (χ0) is 17.9. The number of ether oxygens (including phenoxy) is 1. The average molecular weight is 355 g/mol. The highest BCUT2D eigenvalue weighted by molar-refractivity contribution is 6.31. The second-order valence-electron chi connectivity index (χ2n) is 6.42. The molecule has 1 saturated heterocycles. The van der Waals surface area contributed by atoms with Crippen LogP contribution in [0.25, 0.3) is 0 Å². The Bertz CT molecular complexity index is 635. The fourth-order valence-electron chi connectivity index (χ4n) is 3.09. The van der Waals surface area contributed by atoms with Crippen LogP contribution in [0.4, 0.5) is 5.69 Å². The number of carbonyl (C=O) groups excluding carboxylic acids is 1. The standard InChI is InChI=1S/C17H23ClN2O4/c1-10-4-12(17(22)23)8-20(7-10)9-16(21)19-14-5-11(2)13(18)6-15(14)24-3/h5-6,10,12H,4,7-9H2,1-3H3,(H,19,21)(H,22,23). The molecule has 1 aliphatic heterocycles. The van der Waals surface area contributed by atoms with Gasteiger partial charge in [-0.25, -0.2) is 0 Å². The number of likely N-dealkylation sites (tertiary alicyclic amines) is 1. The molecular formula is C17H23ClN2O4. The summed E-state index contributed by atoms with van der Waals surface area (Å²) in [5.41, 5.74) is 1.40. The van der Waals surface area contributed by atoms with Gasteiger partial charge in [-0.3, -0.25) is 14.5 Å². The zero-order valence-electron chi connectivity index (χ0n) is 14.1. The number of carboxylic acid groups (broad SMARTS) is 1. The van der Waals surface area contributed by atoms with Crippen LogP contribution < -0.4 is 10.1 Å². The van der Waals surface area contributed by atoms with Gasteiger partial charge in [0.15, 0.2) is 0 Å². The number of carbonyl (C=O) groups is 2. The second kappa shape index (κ2) is 7.85. The summed E-state index contributed by atoms with van der Waals surface area (Å²) in [5.74, 6) is -0.682. The van der Waals surface area contributed by atoms with Gasteiger partial charge in [-0.05, 0) is 30.9 Å². The topological polar surface area (TPSA) is 78.9 Å². The lowest BCUT2D eigenvalue weighted by molar-refractivity contribution is -0.144. The molecule has 1 heterocycles. The minimum Gasteiger partial charge on any atom is -0.495 e. The summed E-state index contributed by atoms with van der Waals surface area (Å²) in [5, 5.41) is 12.6. The highest BCUT2D eigenvalue weighted by atomic mass is 35.5. The van der Waals surface area contributed by atoms with Gasteiger partial charge in [-0.15, -0.1) is 0 Å². The molecule has 0 saturated carbocycles. The number of methoxy groups -OCH3 is 1. The molecule has 0 aromatic heterocycles. The first-order valence-electron chi connectivity index (χ1n) is 7.89. The average Bonchev–Trinajstić information content (AvgIpc) is 2.49. The van der Waals surface area contributed by atoms with Gasteiger partial charge in [0.25, 0.3) is 0 Å². The summed E-state index contributed by atoms with van der Waals surface area (Å²) < 4.78 is 5.25. The molecule has 1 aliphatic rings. The zero-order valence-corrected chi connectivity index (χ0v) is 14.9. The van der Waals surface area contributed by atoms with Crippen molar-refractivity contribution in [1.82, 2.24) is 4.90 Å². The van der Waals surface area contributed by atoms with Gasteiger partial charge < -0.3 is 15.2 Å². The number of carboxylic acids is 1. The number of hydrogen-bond acceptors (Lipinski definition) is 4.